The molecule has 3 fully saturated rings. The van der Waals surface area contributed by atoms with Gasteiger partial charge in [-0.25, -0.2) is 16.8 Å². The van der Waals surface area contributed by atoms with E-state index in [4.69, 9.17) is 12.2 Å². The van der Waals surface area contributed by atoms with E-state index in [9.17, 15) is 16.8 Å². The zero-order chi connectivity index (χ0) is 13.1. The fraction of sp³-hybridized carbons (Fsp3) is 0.889. The Labute approximate surface area is 116 Å². The van der Waals surface area contributed by atoms with Crippen LogP contribution in [-0.2, 0) is 19.7 Å². The number of thiocarbonyl (C=S) groups is 1. The van der Waals surface area contributed by atoms with E-state index in [-0.39, 0.29) is 40.3 Å². The van der Waals surface area contributed by atoms with Crippen LogP contribution in [0.5, 0.6) is 0 Å². The van der Waals surface area contributed by atoms with Crippen LogP contribution in [0.4, 0.5) is 0 Å². The molecule has 102 valence electrons. The first-order valence-electron chi connectivity index (χ1n) is 5.67. The molecule has 18 heavy (non-hydrogen) atoms. The minimum absolute atomic E-state index is 0.00851. The van der Waals surface area contributed by atoms with Crippen LogP contribution >= 0.6 is 24.0 Å². The summed E-state index contributed by atoms with van der Waals surface area (Å²) in [6.45, 7) is 0. The van der Waals surface area contributed by atoms with Crippen molar-refractivity contribution >= 4 is 48.0 Å². The third kappa shape index (κ3) is 2.19. The van der Waals surface area contributed by atoms with Crippen LogP contribution in [-0.4, -0.2) is 66.4 Å². The van der Waals surface area contributed by atoms with Crippen molar-refractivity contribution in [3.63, 3.8) is 0 Å². The van der Waals surface area contributed by atoms with Gasteiger partial charge in [0.25, 0.3) is 0 Å². The number of nitrogens with zero attached hydrogens (tertiary/aromatic N) is 1. The van der Waals surface area contributed by atoms with Gasteiger partial charge in [-0.15, -0.1) is 0 Å². The summed E-state index contributed by atoms with van der Waals surface area (Å²) < 4.78 is 47.0. The highest BCUT2D eigenvalue weighted by atomic mass is 32.2. The molecule has 3 aliphatic rings. The Morgan fingerprint density at radius 3 is 2.44 bits per heavy atom. The van der Waals surface area contributed by atoms with Gasteiger partial charge in [0.2, 0.25) is 0 Å². The molecule has 0 N–H and O–H groups in total. The number of hydrogen-bond acceptors (Lipinski definition) is 6. The predicted octanol–water partition coefficient (Wildman–Crippen LogP) is -0.327. The monoisotopic (exact) mass is 327 g/mol. The minimum Gasteiger partial charge on any atom is -0.348 e. The first-order valence-corrected chi connectivity index (χ1v) is 10.6. The predicted molar refractivity (Wildman–Crippen MR) is 75.3 cm³/mol. The van der Waals surface area contributed by atoms with Crippen molar-refractivity contribution in [2.75, 3.05) is 23.0 Å². The quantitative estimate of drug-likeness (QED) is 0.611. The maximum atomic E-state index is 11.6. The van der Waals surface area contributed by atoms with E-state index in [1.54, 1.807) is 0 Å². The molecule has 3 heterocycles. The number of hydrogen-bond donors (Lipinski definition) is 0. The number of rotatable bonds is 1. The fourth-order valence-corrected chi connectivity index (χ4v) is 9.11. The van der Waals surface area contributed by atoms with E-state index in [1.165, 1.54) is 11.8 Å². The average Bonchev–Trinajstić information content (AvgIpc) is 2.75. The van der Waals surface area contributed by atoms with E-state index in [1.807, 2.05) is 4.90 Å². The Balaban J connectivity index is 1.86. The van der Waals surface area contributed by atoms with Crippen LogP contribution in [0.1, 0.15) is 6.42 Å². The Bertz CT molecular complexity index is 596. The summed E-state index contributed by atoms with van der Waals surface area (Å²) in [5.41, 5.74) is 0. The molecule has 0 aromatic carbocycles. The van der Waals surface area contributed by atoms with E-state index in [2.05, 4.69) is 0 Å². The SMILES string of the molecule is O=S1(=O)CC[C@H](N2C(=S)S[C@H]3CS(=O)(=O)C[C@@H]32)C1. The molecule has 5 nitrogen and oxygen atoms in total. The van der Waals surface area contributed by atoms with Crippen LogP contribution in [0.3, 0.4) is 0 Å². The number of fused-ring (bicyclic) bond motifs is 1. The van der Waals surface area contributed by atoms with Gasteiger partial charge < -0.3 is 4.90 Å². The molecule has 0 bridgehead atoms. The molecule has 0 aromatic rings. The summed E-state index contributed by atoms with van der Waals surface area (Å²) in [5.74, 6) is 0.572. The third-order valence-corrected chi connectivity index (χ3v) is 9.07. The summed E-state index contributed by atoms with van der Waals surface area (Å²) in [4.78, 5) is 1.89. The smallest absolute Gasteiger partial charge is 0.153 e. The lowest BCUT2D eigenvalue weighted by Crippen LogP contribution is -2.44. The van der Waals surface area contributed by atoms with Crippen LogP contribution < -0.4 is 0 Å². The normalized spacial score (nSPS) is 41.2. The first-order chi connectivity index (χ1) is 8.27. The highest BCUT2D eigenvalue weighted by molar-refractivity contribution is 8.24. The summed E-state index contributed by atoms with van der Waals surface area (Å²) in [5, 5.41) is -0.00851. The lowest BCUT2D eigenvalue weighted by atomic mass is 10.1. The highest BCUT2D eigenvalue weighted by Crippen LogP contribution is 2.40. The third-order valence-electron chi connectivity index (χ3n) is 3.69. The van der Waals surface area contributed by atoms with Crippen LogP contribution in [0, 0.1) is 0 Å². The lowest BCUT2D eigenvalue weighted by molar-refractivity contribution is 0.292. The molecule has 3 rings (SSSR count). The van der Waals surface area contributed by atoms with Crippen LogP contribution in [0.15, 0.2) is 0 Å². The van der Waals surface area contributed by atoms with Crippen molar-refractivity contribution in [3.8, 4) is 0 Å². The number of sulfone groups is 2. The van der Waals surface area contributed by atoms with Gasteiger partial charge in [0.1, 0.15) is 4.32 Å². The van der Waals surface area contributed by atoms with Crippen molar-refractivity contribution in [1.82, 2.24) is 4.90 Å². The molecular formula is C9H13NO4S4. The average molecular weight is 327 g/mol. The lowest BCUT2D eigenvalue weighted by Gasteiger charge is -2.29. The van der Waals surface area contributed by atoms with Crippen molar-refractivity contribution in [2.24, 2.45) is 0 Å². The molecule has 0 spiro atoms. The summed E-state index contributed by atoms with van der Waals surface area (Å²) >= 11 is 6.70. The Morgan fingerprint density at radius 2 is 1.83 bits per heavy atom. The Hall–Kier alpha value is 0.140. The van der Waals surface area contributed by atoms with Gasteiger partial charge in [0, 0.05) is 11.3 Å². The number of thioether (sulfide) groups is 1. The second kappa shape index (κ2) is 4.07. The molecular weight excluding hydrogens is 314 g/mol. The molecule has 0 aliphatic carbocycles. The van der Waals surface area contributed by atoms with Gasteiger partial charge in [0.15, 0.2) is 19.7 Å². The van der Waals surface area contributed by atoms with Gasteiger partial charge >= 0.3 is 0 Å². The van der Waals surface area contributed by atoms with Crippen LogP contribution in [0.2, 0.25) is 0 Å². The molecule has 0 radical (unpaired) electrons. The van der Waals surface area contributed by atoms with Gasteiger partial charge in [-0.2, -0.15) is 0 Å². The molecule has 0 aromatic heterocycles. The molecule has 3 aliphatic heterocycles. The molecule has 0 amide bonds. The summed E-state index contributed by atoms with van der Waals surface area (Å²) in [7, 11) is -5.97. The van der Waals surface area contributed by atoms with Gasteiger partial charge in [-0.05, 0) is 6.42 Å². The first kappa shape index (κ1) is 13.1. The summed E-state index contributed by atoms with van der Waals surface area (Å²) in [6.07, 6.45) is 0.562. The zero-order valence-electron chi connectivity index (χ0n) is 9.48. The second-order valence-corrected chi connectivity index (χ2v) is 11.3. The van der Waals surface area contributed by atoms with E-state index in [0.29, 0.717) is 10.7 Å². The maximum absolute atomic E-state index is 11.6. The molecule has 0 saturated carbocycles. The molecule has 3 saturated heterocycles. The Morgan fingerprint density at radius 1 is 1.11 bits per heavy atom. The summed E-state index contributed by atoms with van der Waals surface area (Å²) in [6, 6.07) is -0.246. The van der Waals surface area contributed by atoms with Gasteiger partial charge in [-0.3, -0.25) is 0 Å². The molecule has 9 heteroatoms. The topological polar surface area (TPSA) is 71.5 Å². The standard InChI is InChI=1S/C9H13NO4S4/c11-17(12)2-1-6(3-17)10-7-4-18(13,14)5-8(7)16-9(10)15/h6-8H,1-5H2/t6-,7-,8-/m0/s1. The zero-order valence-corrected chi connectivity index (χ0v) is 12.7. The van der Waals surface area contributed by atoms with Crippen molar-refractivity contribution in [1.29, 1.82) is 0 Å². The fourth-order valence-electron chi connectivity index (χ4n) is 2.91. The molecule has 0 unspecified atom stereocenters. The highest BCUT2D eigenvalue weighted by Gasteiger charge is 2.51. The van der Waals surface area contributed by atoms with Crippen molar-refractivity contribution in [2.45, 2.75) is 23.8 Å². The van der Waals surface area contributed by atoms with Crippen molar-refractivity contribution in [3.05, 3.63) is 0 Å². The Kier molecular flexibility index (Phi) is 2.97. The van der Waals surface area contributed by atoms with E-state index in [0.717, 1.165) is 0 Å². The van der Waals surface area contributed by atoms with E-state index < -0.39 is 19.7 Å². The minimum atomic E-state index is -2.99. The van der Waals surface area contributed by atoms with Crippen molar-refractivity contribution < 1.29 is 16.8 Å². The van der Waals surface area contributed by atoms with Crippen LogP contribution in [0.25, 0.3) is 0 Å². The molecule has 3 atom stereocenters. The van der Waals surface area contributed by atoms with E-state index >= 15 is 0 Å². The largest absolute Gasteiger partial charge is 0.348 e. The van der Waals surface area contributed by atoms with Gasteiger partial charge in [-0.1, -0.05) is 24.0 Å². The second-order valence-electron chi connectivity index (χ2n) is 5.03. The maximum Gasteiger partial charge on any atom is 0.153 e. The van der Waals surface area contributed by atoms with Gasteiger partial charge in [0.05, 0.1) is 29.1 Å².